The average Bonchev–Trinajstić information content (AvgIpc) is 3.37. The van der Waals surface area contributed by atoms with Crippen molar-refractivity contribution < 1.29 is 23.8 Å². The predicted molar refractivity (Wildman–Crippen MR) is 131 cm³/mol. The van der Waals surface area contributed by atoms with E-state index in [2.05, 4.69) is 10.3 Å². The molecule has 0 spiro atoms. The number of amides is 2. The van der Waals surface area contributed by atoms with Gasteiger partial charge >= 0.3 is 0 Å². The molecule has 1 aromatic heterocycles. The Morgan fingerprint density at radius 2 is 1.69 bits per heavy atom. The number of likely N-dealkylation sites (tertiary alicyclic amines) is 1. The minimum atomic E-state index is -0.455. The number of aromatic nitrogens is 1. The maximum Gasteiger partial charge on any atom is 0.253 e. The number of nitrogens with one attached hydrogen (secondary N) is 1. The Morgan fingerprint density at radius 1 is 0.943 bits per heavy atom. The van der Waals surface area contributed by atoms with E-state index in [-0.39, 0.29) is 17.7 Å². The standard InChI is InChI=1S/C27H29N3O5/c1-33-20-9-7-18(8-10-20)27(32)30-16-23(22-12-11-21(34-2)14-25(22)35-3)24(17-30)26(31)29-15-19-6-4-5-13-28-19/h4-14,23-24H,15-17H2,1-3H3,(H,29,31). The van der Waals surface area contributed by atoms with Crippen molar-refractivity contribution in [1.29, 1.82) is 0 Å². The molecular formula is C27H29N3O5. The molecule has 1 saturated heterocycles. The van der Waals surface area contributed by atoms with E-state index in [9.17, 15) is 9.59 Å². The summed E-state index contributed by atoms with van der Waals surface area (Å²) in [6.45, 7) is 0.989. The first-order valence-electron chi connectivity index (χ1n) is 11.4. The van der Waals surface area contributed by atoms with Crippen LogP contribution in [-0.4, -0.2) is 56.1 Å². The van der Waals surface area contributed by atoms with Crippen LogP contribution in [0.4, 0.5) is 0 Å². The van der Waals surface area contributed by atoms with E-state index >= 15 is 0 Å². The Hall–Kier alpha value is -4.07. The van der Waals surface area contributed by atoms with Gasteiger partial charge in [-0.05, 0) is 42.5 Å². The molecule has 0 bridgehead atoms. The molecular weight excluding hydrogens is 446 g/mol. The van der Waals surface area contributed by atoms with Crippen molar-refractivity contribution >= 4 is 11.8 Å². The predicted octanol–water partition coefficient (Wildman–Crippen LogP) is 3.28. The van der Waals surface area contributed by atoms with E-state index in [1.165, 1.54) is 0 Å². The van der Waals surface area contributed by atoms with Gasteiger partial charge in [0.15, 0.2) is 0 Å². The number of ether oxygens (including phenoxy) is 3. The number of hydrogen-bond donors (Lipinski definition) is 1. The smallest absolute Gasteiger partial charge is 0.253 e. The molecule has 2 atom stereocenters. The van der Waals surface area contributed by atoms with Gasteiger partial charge in [0.05, 0.1) is 39.5 Å². The highest BCUT2D eigenvalue weighted by Gasteiger charge is 2.41. The Labute approximate surface area is 204 Å². The van der Waals surface area contributed by atoms with Gasteiger partial charge in [-0.3, -0.25) is 14.6 Å². The summed E-state index contributed by atoms with van der Waals surface area (Å²) in [4.78, 5) is 32.7. The third-order valence-electron chi connectivity index (χ3n) is 6.29. The zero-order chi connectivity index (χ0) is 24.8. The fourth-order valence-electron chi connectivity index (χ4n) is 4.40. The molecule has 8 heteroatoms. The first-order valence-corrected chi connectivity index (χ1v) is 11.4. The van der Waals surface area contributed by atoms with Gasteiger partial charge in [0, 0.05) is 42.4 Å². The van der Waals surface area contributed by atoms with Crippen LogP contribution in [0.5, 0.6) is 17.2 Å². The molecule has 2 aromatic carbocycles. The zero-order valence-corrected chi connectivity index (χ0v) is 20.1. The third kappa shape index (κ3) is 5.37. The lowest BCUT2D eigenvalue weighted by atomic mass is 9.87. The van der Waals surface area contributed by atoms with Crippen LogP contribution < -0.4 is 19.5 Å². The number of nitrogens with zero attached hydrogens (tertiary/aromatic N) is 2. The summed E-state index contributed by atoms with van der Waals surface area (Å²) in [5, 5.41) is 2.99. The summed E-state index contributed by atoms with van der Waals surface area (Å²) < 4.78 is 16.2. The van der Waals surface area contributed by atoms with E-state index in [1.807, 2.05) is 30.3 Å². The van der Waals surface area contributed by atoms with Crippen molar-refractivity contribution in [3.63, 3.8) is 0 Å². The zero-order valence-electron chi connectivity index (χ0n) is 20.1. The molecule has 182 valence electrons. The van der Waals surface area contributed by atoms with Gasteiger partial charge in [-0.1, -0.05) is 12.1 Å². The molecule has 1 fully saturated rings. The fourth-order valence-corrected chi connectivity index (χ4v) is 4.40. The summed E-state index contributed by atoms with van der Waals surface area (Å²) >= 11 is 0. The third-order valence-corrected chi connectivity index (χ3v) is 6.29. The lowest BCUT2D eigenvalue weighted by molar-refractivity contribution is -0.125. The van der Waals surface area contributed by atoms with Crippen molar-refractivity contribution in [2.75, 3.05) is 34.4 Å². The molecule has 0 aliphatic carbocycles. The molecule has 1 aliphatic rings. The molecule has 0 radical (unpaired) electrons. The van der Waals surface area contributed by atoms with Crippen molar-refractivity contribution in [2.45, 2.75) is 12.5 Å². The van der Waals surface area contributed by atoms with Gasteiger partial charge in [-0.25, -0.2) is 0 Å². The van der Waals surface area contributed by atoms with Crippen LogP contribution in [0.15, 0.2) is 66.9 Å². The largest absolute Gasteiger partial charge is 0.497 e. The van der Waals surface area contributed by atoms with E-state index in [1.54, 1.807) is 62.8 Å². The highest BCUT2D eigenvalue weighted by atomic mass is 16.5. The quantitative estimate of drug-likeness (QED) is 0.538. The monoisotopic (exact) mass is 475 g/mol. The SMILES string of the molecule is COc1ccc(C(=O)N2CC(C(=O)NCc3ccccn3)C(c3ccc(OC)cc3OC)C2)cc1. The number of pyridine rings is 1. The molecule has 2 unspecified atom stereocenters. The van der Waals surface area contributed by atoms with Crippen molar-refractivity contribution in [3.8, 4) is 17.2 Å². The minimum Gasteiger partial charge on any atom is -0.497 e. The van der Waals surface area contributed by atoms with Crippen molar-refractivity contribution in [2.24, 2.45) is 5.92 Å². The summed E-state index contributed by atoms with van der Waals surface area (Å²) in [5.74, 6) is 0.982. The number of carbonyl (C=O) groups excluding carboxylic acids is 2. The molecule has 8 nitrogen and oxygen atoms in total. The minimum absolute atomic E-state index is 0.134. The van der Waals surface area contributed by atoms with E-state index < -0.39 is 5.92 Å². The lowest BCUT2D eigenvalue weighted by Gasteiger charge is -2.21. The Kier molecular flexibility index (Phi) is 7.50. The van der Waals surface area contributed by atoms with Crippen LogP contribution in [0.25, 0.3) is 0 Å². The second-order valence-electron chi connectivity index (χ2n) is 8.30. The lowest BCUT2D eigenvalue weighted by Crippen LogP contribution is -2.35. The van der Waals surface area contributed by atoms with Crippen molar-refractivity contribution in [3.05, 3.63) is 83.7 Å². The second-order valence-corrected chi connectivity index (χ2v) is 8.30. The fraction of sp³-hybridized carbons (Fsp3) is 0.296. The van der Waals surface area contributed by atoms with Crippen LogP contribution in [0, 0.1) is 5.92 Å². The molecule has 2 amide bonds. The molecule has 35 heavy (non-hydrogen) atoms. The van der Waals surface area contributed by atoms with E-state index in [4.69, 9.17) is 14.2 Å². The summed E-state index contributed by atoms with van der Waals surface area (Å²) in [5.41, 5.74) is 2.17. The number of carbonyl (C=O) groups is 2. The highest BCUT2D eigenvalue weighted by Crippen LogP contribution is 2.39. The van der Waals surface area contributed by atoms with Gasteiger partial charge in [0.1, 0.15) is 17.2 Å². The topological polar surface area (TPSA) is 90.0 Å². The van der Waals surface area contributed by atoms with Crippen LogP contribution in [-0.2, 0) is 11.3 Å². The first-order chi connectivity index (χ1) is 17.0. The maximum atomic E-state index is 13.4. The number of methoxy groups -OCH3 is 3. The van der Waals surface area contributed by atoms with Gasteiger partial charge in [-0.15, -0.1) is 0 Å². The maximum absolute atomic E-state index is 13.4. The van der Waals surface area contributed by atoms with Crippen molar-refractivity contribution in [1.82, 2.24) is 15.2 Å². The molecule has 1 aliphatic heterocycles. The normalized spacial score (nSPS) is 17.1. The first kappa shape index (κ1) is 24.1. The van der Waals surface area contributed by atoms with Crippen LogP contribution >= 0.6 is 0 Å². The van der Waals surface area contributed by atoms with Gasteiger partial charge in [-0.2, -0.15) is 0 Å². The Bertz CT molecular complexity index is 1170. The Balaban J connectivity index is 1.60. The van der Waals surface area contributed by atoms with E-state index in [0.29, 0.717) is 42.4 Å². The van der Waals surface area contributed by atoms with Gasteiger partial charge in [0.25, 0.3) is 5.91 Å². The van der Waals surface area contributed by atoms with Gasteiger partial charge < -0.3 is 24.4 Å². The number of hydrogen-bond acceptors (Lipinski definition) is 6. The molecule has 2 heterocycles. The molecule has 0 saturated carbocycles. The highest BCUT2D eigenvalue weighted by molar-refractivity contribution is 5.95. The van der Waals surface area contributed by atoms with Crippen LogP contribution in [0.2, 0.25) is 0 Å². The number of rotatable bonds is 8. The molecule has 4 rings (SSSR count). The number of benzene rings is 2. The van der Waals surface area contributed by atoms with Crippen LogP contribution in [0.1, 0.15) is 27.5 Å². The second kappa shape index (κ2) is 10.9. The summed E-state index contributed by atoms with van der Waals surface area (Å²) in [7, 11) is 4.76. The van der Waals surface area contributed by atoms with E-state index in [0.717, 1.165) is 11.3 Å². The average molecular weight is 476 g/mol. The van der Waals surface area contributed by atoms with Gasteiger partial charge in [0.2, 0.25) is 5.91 Å². The Morgan fingerprint density at radius 3 is 2.34 bits per heavy atom. The molecule has 3 aromatic rings. The summed E-state index contributed by atoms with van der Waals surface area (Å²) in [6.07, 6.45) is 1.69. The van der Waals surface area contributed by atoms with Crippen LogP contribution in [0.3, 0.4) is 0 Å². The summed E-state index contributed by atoms with van der Waals surface area (Å²) in [6, 6.07) is 18.1. The molecule has 1 N–H and O–H groups in total.